The fourth-order valence-electron chi connectivity index (χ4n) is 2.57. The van der Waals surface area contributed by atoms with Crippen LogP contribution >= 0.6 is 11.6 Å². The molecule has 1 aliphatic carbocycles. The molecule has 2 rings (SSSR count). The standard InChI is InChI=1S/C14H21ClN2O2S/c1-17(2)20(18,19)13-7-5-12(6-8-13)16-14(11-15)9-3-4-10-14/h5-8,16H,3-4,9-11H2,1-2H3. The summed E-state index contributed by atoms with van der Waals surface area (Å²) in [6.45, 7) is 0. The molecular formula is C14H21ClN2O2S. The van der Waals surface area contributed by atoms with Gasteiger partial charge in [-0.25, -0.2) is 12.7 Å². The summed E-state index contributed by atoms with van der Waals surface area (Å²) in [4.78, 5) is 0.305. The Bertz CT molecular complexity index is 549. The molecule has 0 saturated heterocycles. The van der Waals surface area contributed by atoms with Crippen molar-refractivity contribution in [2.24, 2.45) is 0 Å². The van der Waals surface area contributed by atoms with E-state index in [2.05, 4.69) is 5.32 Å². The second-order valence-electron chi connectivity index (χ2n) is 5.56. The van der Waals surface area contributed by atoms with Crippen LogP contribution in [0.5, 0.6) is 0 Å². The number of halogens is 1. The van der Waals surface area contributed by atoms with Crippen LogP contribution in [0.15, 0.2) is 29.2 Å². The summed E-state index contributed by atoms with van der Waals surface area (Å²) in [7, 11) is -0.302. The van der Waals surface area contributed by atoms with Gasteiger partial charge in [0.15, 0.2) is 0 Å². The van der Waals surface area contributed by atoms with Crippen LogP contribution < -0.4 is 5.32 Å². The number of alkyl halides is 1. The van der Waals surface area contributed by atoms with Crippen molar-refractivity contribution >= 4 is 27.3 Å². The third kappa shape index (κ3) is 3.10. The predicted octanol–water partition coefficient (Wildman–Crippen LogP) is 2.90. The van der Waals surface area contributed by atoms with Crippen LogP contribution in [-0.4, -0.2) is 38.2 Å². The highest BCUT2D eigenvalue weighted by atomic mass is 35.5. The fraction of sp³-hybridized carbons (Fsp3) is 0.571. The van der Waals surface area contributed by atoms with Crippen molar-refractivity contribution in [2.45, 2.75) is 36.1 Å². The van der Waals surface area contributed by atoms with Gasteiger partial charge >= 0.3 is 0 Å². The van der Waals surface area contributed by atoms with E-state index in [9.17, 15) is 8.42 Å². The first-order valence-corrected chi connectivity index (χ1v) is 8.74. The molecule has 0 amide bonds. The highest BCUT2D eigenvalue weighted by molar-refractivity contribution is 7.89. The SMILES string of the molecule is CN(C)S(=O)(=O)c1ccc(NC2(CCl)CCCC2)cc1. The molecule has 0 bridgehead atoms. The van der Waals surface area contributed by atoms with E-state index in [0.29, 0.717) is 10.8 Å². The van der Waals surface area contributed by atoms with E-state index in [1.54, 1.807) is 12.1 Å². The zero-order valence-electron chi connectivity index (χ0n) is 11.9. The molecule has 0 aliphatic heterocycles. The molecule has 1 fully saturated rings. The average Bonchev–Trinajstić information content (AvgIpc) is 2.88. The summed E-state index contributed by atoms with van der Waals surface area (Å²) in [5.41, 5.74) is 0.883. The van der Waals surface area contributed by atoms with Crippen molar-refractivity contribution in [2.75, 3.05) is 25.3 Å². The van der Waals surface area contributed by atoms with Crippen LogP contribution in [0, 0.1) is 0 Å². The Morgan fingerprint density at radius 3 is 2.20 bits per heavy atom. The molecule has 1 aromatic carbocycles. The first-order valence-electron chi connectivity index (χ1n) is 6.76. The maximum atomic E-state index is 12.0. The summed E-state index contributed by atoms with van der Waals surface area (Å²) in [6.07, 6.45) is 4.50. The molecule has 1 aromatic rings. The van der Waals surface area contributed by atoms with E-state index < -0.39 is 10.0 Å². The van der Waals surface area contributed by atoms with E-state index in [1.807, 2.05) is 12.1 Å². The number of hydrogen-bond donors (Lipinski definition) is 1. The summed E-state index contributed by atoms with van der Waals surface area (Å²) in [6, 6.07) is 6.88. The van der Waals surface area contributed by atoms with Gasteiger partial charge in [-0.15, -0.1) is 11.6 Å². The molecule has 0 aromatic heterocycles. The lowest BCUT2D eigenvalue weighted by Crippen LogP contribution is -2.37. The van der Waals surface area contributed by atoms with Crippen LogP contribution in [0.1, 0.15) is 25.7 Å². The lowest BCUT2D eigenvalue weighted by atomic mass is 10.00. The Morgan fingerprint density at radius 1 is 1.20 bits per heavy atom. The number of benzene rings is 1. The van der Waals surface area contributed by atoms with Gasteiger partial charge in [-0.1, -0.05) is 12.8 Å². The second kappa shape index (κ2) is 5.92. The van der Waals surface area contributed by atoms with Crippen molar-refractivity contribution in [1.29, 1.82) is 0 Å². The predicted molar refractivity (Wildman–Crippen MR) is 82.9 cm³/mol. The minimum absolute atomic E-state index is 0.0382. The molecule has 0 heterocycles. The summed E-state index contributed by atoms with van der Waals surface area (Å²) in [5, 5.41) is 3.47. The minimum atomic E-state index is -3.36. The van der Waals surface area contributed by atoms with Crippen LogP contribution in [0.3, 0.4) is 0 Å². The molecule has 6 heteroatoms. The van der Waals surface area contributed by atoms with E-state index in [4.69, 9.17) is 11.6 Å². The second-order valence-corrected chi connectivity index (χ2v) is 7.98. The number of sulfonamides is 1. The van der Waals surface area contributed by atoms with Crippen molar-refractivity contribution in [3.05, 3.63) is 24.3 Å². The molecule has 1 aliphatic rings. The molecule has 4 nitrogen and oxygen atoms in total. The third-order valence-corrected chi connectivity index (χ3v) is 6.20. The van der Waals surface area contributed by atoms with Crippen molar-refractivity contribution < 1.29 is 8.42 Å². The Labute approximate surface area is 126 Å². The number of rotatable bonds is 5. The molecule has 20 heavy (non-hydrogen) atoms. The quantitative estimate of drug-likeness (QED) is 0.850. The highest BCUT2D eigenvalue weighted by Crippen LogP contribution is 2.34. The summed E-state index contributed by atoms with van der Waals surface area (Å²) >= 11 is 6.09. The Balaban J connectivity index is 2.17. The summed E-state index contributed by atoms with van der Waals surface area (Å²) in [5.74, 6) is 0.574. The molecule has 1 N–H and O–H groups in total. The van der Waals surface area contributed by atoms with Crippen LogP contribution in [0.4, 0.5) is 5.69 Å². The number of nitrogens with zero attached hydrogens (tertiary/aromatic N) is 1. The maximum absolute atomic E-state index is 12.0. The van der Waals surface area contributed by atoms with E-state index >= 15 is 0 Å². The van der Waals surface area contributed by atoms with E-state index in [-0.39, 0.29) is 5.54 Å². The van der Waals surface area contributed by atoms with Gasteiger partial charge in [-0.2, -0.15) is 0 Å². The van der Waals surface area contributed by atoms with Gasteiger partial charge in [-0.3, -0.25) is 0 Å². The maximum Gasteiger partial charge on any atom is 0.242 e. The molecule has 0 unspecified atom stereocenters. The van der Waals surface area contributed by atoms with Gasteiger partial charge in [0.2, 0.25) is 10.0 Å². The van der Waals surface area contributed by atoms with E-state index in [0.717, 1.165) is 18.5 Å². The molecule has 0 spiro atoms. The Hall–Kier alpha value is -0.780. The smallest absolute Gasteiger partial charge is 0.242 e. The van der Waals surface area contributed by atoms with Gasteiger partial charge in [-0.05, 0) is 37.1 Å². The van der Waals surface area contributed by atoms with Gasteiger partial charge < -0.3 is 5.32 Å². The van der Waals surface area contributed by atoms with Crippen LogP contribution in [0.2, 0.25) is 0 Å². The average molecular weight is 317 g/mol. The first-order chi connectivity index (χ1) is 9.39. The minimum Gasteiger partial charge on any atom is -0.378 e. The van der Waals surface area contributed by atoms with Gasteiger partial charge in [0.1, 0.15) is 0 Å². The monoisotopic (exact) mass is 316 g/mol. The van der Waals surface area contributed by atoms with Crippen LogP contribution in [0.25, 0.3) is 0 Å². The number of nitrogens with one attached hydrogen (secondary N) is 1. The van der Waals surface area contributed by atoms with Crippen molar-refractivity contribution in [1.82, 2.24) is 4.31 Å². The zero-order chi connectivity index (χ0) is 14.8. The van der Waals surface area contributed by atoms with Crippen molar-refractivity contribution in [3.8, 4) is 0 Å². The Kier molecular flexibility index (Phi) is 4.62. The van der Waals surface area contributed by atoms with E-state index in [1.165, 1.54) is 31.2 Å². The molecular weight excluding hydrogens is 296 g/mol. The first kappa shape index (κ1) is 15.6. The topological polar surface area (TPSA) is 49.4 Å². The third-order valence-electron chi connectivity index (χ3n) is 3.86. The molecule has 0 radical (unpaired) electrons. The van der Waals surface area contributed by atoms with Gasteiger partial charge in [0.05, 0.1) is 10.4 Å². The van der Waals surface area contributed by atoms with Crippen LogP contribution in [-0.2, 0) is 10.0 Å². The number of hydrogen-bond acceptors (Lipinski definition) is 3. The van der Waals surface area contributed by atoms with Gasteiger partial charge in [0, 0.05) is 25.7 Å². The van der Waals surface area contributed by atoms with Crippen molar-refractivity contribution in [3.63, 3.8) is 0 Å². The fourth-order valence-corrected chi connectivity index (χ4v) is 3.81. The lowest BCUT2D eigenvalue weighted by Gasteiger charge is -2.29. The molecule has 0 atom stereocenters. The molecule has 112 valence electrons. The Morgan fingerprint density at radius 2 is 1.75 bits per heavy atom. The highest BCUT2D eigenvalue weighted by Gasteiger charge is 2.32. The normalized spacial score (nSPS) is 18.4. The largest absolute Gasteiger partial charge is 0.378 e. The number of anilines is 1. The lowest BCUT2D eigenvalue weighted by molar-refractivity contribution is 0.520. The van der Waals surface area contributed by atoms with Gasteiger partial charge in [0.25, 0.3) is 0 Å². The molecule has 1 saturated carbocycles. The zero-order valence-corrected chi connectivity index (χ0v) is 13.5. The summed E-state index contributed by atoms with van der Waals surface area (Å²) < 4.78 is 25.2.